The highest BCUT2D eigenvalue weighted by Crippen LogP contribution is 2.29. The lowest BCUT2D eigenvalue weighted by Crippen LogP contribution is -2.11. The van der Waals surface area contributed by atoms with Crippen molar-refractivity contribution in [3.05, 3.63) is 59.7 Å². The van der Waals surface area contributed by atoms with E-state index < -0.39 is 0 Å². The lowest BCUT2D eigenvalue weighted by Gasteiger charge is -2.11. The van der Waals surface area contributed by atoms with Gasteiger partial charge in [0.15, 0.2) is 11.5 Å². The molecule has 1 amide bonds. The van der Waals surface area contributed by atoms with Crippen LogP contribution in [0.1, 0.15) is 43.6 Å². The molecule has 1 N–H and O–H groups in total. The van der Waals surface area contributed by atoms with Crippen LogP contribution >= 0.6 is 0 Å². The largest absolute Gasteiger partial charge is 0.490 e. The average molecular weight is 411 g/mol. The Labute approximate surface area is 177 Å². The summed E-state index contributed by atoms with van der Waals surface area (Å²) in [6.45, 7) is 9.21. The van der Waals surface area contributed by atoms with Gasteiger partial charge in [0.25, 0.3) is 0 Å². The van der Waals surface area contributed by atoms with Gasteiger partial charge in [-0.25, -0.2) is 4.79 Å². The molecule has 30 heavy (non-hydrogen) atoms. The number of rotatable bonds is 10. The van der Waals surface area contributed by atoms with Gasteiger partial charge in [-0.05, 0) is 67.8 Å². The van der Waals surface area contributed by atoms with E-state index >= 15 is 0 Å². The Morgan fingerprint density at radius 2 is 1.63 bits per heavy atom. The summed E-state index contributed by atoms with van der Waals surface area (Å²) >= 11 is 0. The van der Waals surface area contributed by atoms with E-state index in [0.717, 1.165) is 5.56 Å². The molecule has 6 heteroatoms. The second-order valence-electron chi connectivity index (χ2n) is 6.96. The third-order valence-electron chi connectivity index (χ3n) is 3.93. The van der Waals surface area contributed by atoms with Gasteiger partial charge in [-0.3, -0.25) is 4.79 Å². The first-order valence-electron chi connectivity index (χ1n) is 10.1. The topological polar surface area (TPSA) is 73.9 Å². The Hall–Kier alpha value is -3.28. The number of esters is 1. The van der Waals surface area contributed by atoms with Crippen molar-refractivity contribution in [2.75, 3.05) is 25.1 Å². The molecule has 0 aliphatic heterocycles. The molecule has 2 rings (SSSR count). The summed E-state index contributed by atoms with van der Waals surface area (Å²) in [5.74, 6) is 0.938. The van der Waals surface area contributed by atoms with Crippen molar-refractivity contribution in [3.63, 3.8) is 0 Å². The number of hydrogen-bond acceptors (Lipinski definition) is 5. The molecule has 160 valence electrons. The fourth-order valence-corrected chi connectivity index (χ4v) is 2.54. The second-order valence-corrected chi connectivity index (χ2v) is 6.96. The van der Waals surface area contributed by atoms with E-state index in [9.17, 15) is 9.59 Å². The van der Waals surface area contributed by atoms with Crippen LogP contribution in [0.15, 0.2) is 48.5 Å². The normalized spacial score (nSPS) is 10.8. The molecule has 0 heterocycles. The van der Waals surface area contributed by atoms with Crippen LogP contribution in [-0.4, -0.2) is 31.7 Å². The van der Waals surface area contributed by atoms with E-state index in [0.29, 0.717) is 42.6 Å². The van der Waals surface area contributed by atoms with Gasteiger partial charge in [0.2, 0.25) is 5.91 Å². The molecular formula is C24H29NO5. The van der Waals surface area contributed by atoms with Gasteiger partial charge >= 0.3 is 5.97 Å². The van der Waals surface area contributed by atoms with Crippen molar-refractivity contribution in [2.45, 2.75) is 27.7 Å². The number of carbonyl (C=O) groups excluding carboxylic acids is 2. The van der Waals surface area contributed by atoms with Gasteiger partial charge in [0, 0.05) is 11.8 Å². The van der Waals surface area contributed by atoms with Crippen LogP contribution in [0.4, 0.5) is 5.69 Å². The molecule has 0 atom stereocenters. The molecule has 0 saturated carbocycles. The first-order valence-corrected chi connectivity index (χ1v) is 10.1. The van der Waals surface area contributed by atoms with Crippen LogP contribution in [0.25, 0.3) is 6.08 Å². The fraction of sp³-hybridized carbons (Fsp3) is 0.333. The monoisotopic (exact) mass is 411 g/mol. The molecule has 0 aliphatic carbocycles. The summed E-state index contributed by atoms with van der Waals surface area (Å²) in [4.78, 5) is 24.2. The maximum atomic E-state index is 12.2. The molecule has 2 aromatic carbocycles. The SMILES string of the molecule is CCOc1ccc(/C=C/C(=O)Nc2ccc(C(=O)OCC(C)C)cc2)cc1OCC. The van der Waals surface area contributed by atoms with Gasteiger partial charge in [0.05, 0.1) is 25.4 Å². The number of hydrogen-bond donors (Lipinski definition) is 1. The van der Waals surface area contributed by atoms with E-state index in [4.69, 9.17) is 14.2 Å². The average Bonchev–Trinajstić information content (AvgIpc) is 2.73. The van der Waals surface area contributed by atoms with Crippen LogP contribution in [0.3, 0.4) is 0 Å². The van der Waals surface area contributed by atoms with Crippen molar-refractivity contribution < 1.29 is 23.8 Å². The summed E-state index contributed by atoms with van der Waals surface area (Å²) in [6, 6.07) is 12.1. The smallest absolute Gasteiger partial charge is 0.338 e. The minimum absolute atomic E-state index is 0.277. The number of carbonyl (C=O) groups is 2. The van der Waals surface area contributed by atoms with Crippen molar-refractivity contribution >= 4 is 23.6 Å². The third-order valence-corrected chi connectivity index (χ3v) is 3.93. The highest BCUT2D eigenvalue weighted by Gasteiger charge is 2.09. The number of anilines is 1. The summed E-state index contributed by atoms with van der Waals surface area (Å²) in [5.41, 5.74) is 1.86. The Morgan fingerprint density at radius 1 is 0.967 bits per heavy atom. The van der Waals surface area contributed by atoms with Crippen LogP contribution in [0.5, 0.6) is 11.5 Å². The Bertz CT molecular complexity index is 872. The number of ether oxygens (including phenoxy) is 3. The zero-order chi connectivity index (χ0) is 21.9. The van der Waals surface area contributed by atoms with Crippen LogP contribution < -0.4 is 14.8 Å². The molecule has 0 fully saturated rings. The number of amides is 1. The molecule has 2 aromatic rings. The van der Waals surface area contributed by atoms with E-state index in [2.05, 4.69) is 5.32 Å². The van der Waals surface area contributed by atoms with Crippen molar-refractivity contribution in [1.82, 2.24) is 0 Å². The van der Waals surface area contributed by atoms with Crippen LogP contribution in [-0.2, 0) is 9.53 Å². The van der Waals surface area contributed by atoms with Gasteiger partial charge < -0.3 is 19.5 Å². The number of benzene rings is 2. The van der Waals surface area contributed by atoms with Crippen molar-refractivity contribution in [3.8, 4) is 11.5 Å². The van der Waals surface area contributed by atoms with E-state index in [1.165, 1.54) is 6.08 Å². The molecule has 0 bridgehead atoms. The van der Waals surface area contributed by atoms with Gasteiger partial charge in [-0.15, -0.1) is 0 Å². The van der Waals surface area contributed by atoms with Crippen molar-refractivity contribution in [1.29, 1.82) is 0 Å². The fourth-order valence-electron chi connectivity index (χ4n) is 2.54. The molecule has 0 unspecified atom stereocenters. The molecule has 0 spiro atoms. The first-order chi connectivity index (χ1) is 14.4. The van der Waals surface area contributed by atoms with E-state index in [1.807, 2.05) is 45.9 Å². The molecule has 0 radical (unpaired) electrons. The lowest BCUT2D eigenvalue weighted by atomic mass is 10.2. The Morgan fingerprint density at radius 3 is 2.27 bits per heavy atom. The molecule has 0 aliphatic rings. The van der Waals surface area contributed by atoms with Gasteiger partial charge in [0.1, 0.15) is 0 Å². The highest BCUT2D eigenvalue weighted by atomic mass is 16.5. The van der Waals surface area contributed by atoms with Gasteiger partial charge in [-0.2, -0.15) is 0 Å². The summed E-state index contributed by atoms with van der Waals surface area (Å²) in [5, 5.41) is 2.77. The lowest BCUT2D eigenvalue weighted by molar-refractivity contribution is -0.111. The van der Waals surface area contributed by atoms with Gasteiger partial charge in [-0.1, -0.05) is 19.9 Å². The Balaban J connectivity index is 1.97. The second kappa shape index (κ2) is 11.7. The van der Waals surface area contributed by atoms with Crippen LogP contribution in [0.2, 0.25) is 0 Å². The maximum Gasteiger partial charge on any atom is 0.338 e. The molecular weight excluding hydrogens is 382 g/mol. The number of nitrogens with one attached hydrogen (secondary N) is 1. The molecule has 6 nitrogen and oxygen atoms in total. The molecule has 0 aromatic heterocycles. The maximum absolute atomic E-state index is 12.2. The van der Waals surface area contributed by atoms with Crippen LogP contribution in [0, 0.1) is 5.92 Å². The van der Waals surface area contributed by atoms with E-state index in [1.54, 1.807) is 30.3 Å². The standard InChI is InChI=1S/C24H29NO5/c1-5-28-21-13-7-18(15-22(21)29-6-2)8-14-23(26)25-20-11-9-19(10-12-20)24(27)30-16-17(3)4/h7-15,17H,5-6,16H2,1-4H3,(H,25,26)/b14-8+. The highest BCUT2D eigenvalue weighted by molar-refractivity contribution is 6.02. The van der Waals surface area contributed by atoms with Crippen molar-refractivity contribution in [2.24, 2.45) is 5.92 Å². The third kappa shape index (κ3) is 7.28. The predicted octanol–water partition coefficient (Wildman–Crippen LogP) is 4.95. The first kappa shape index (κ1) is 23.0. The molecule has 0 saturated heterocycles. The summed E-state index contributed by atoms with van der Waals surface area (Å²) in [7, 11) is 0. The predicted molar refractivity (Wildman–Crippen MR) is 118 cm³/mol. The van der Waals surface area contributed by atoms with E-state index in [-0.39, 0.29) is 17.8 Å². The summed E-state index contributed by atoms with van der Waals surface area (Å²) in [6.07, 6.45) is 3.14. The quantitative estimate of drug-likeness (QED) is 0.442. The Kier molecular flexibility index (Phi) is 8.94. The minimum atomic E-state index is -0.373. The zero-order valence-electron chi connectivity index (χ0n) is 17.9. The minimum Gasteiger partial charge on any atom is -0.490 e. The zero-order valence-corrected chi connectivity index (χ0v) is 17.9. The summed E-state index contributed by atoms with van der Waals surface area (Å²) < 4.78 is 16.3.